The summed E-state index contributed by atoms with van der Waals surface area (Å²) in [7, 11) is 0. The average molecular weight is 540 g/mol. The third-order valence-corrected chi connectivity index (χ3v) is 12.0. The molecule has 218 valence electrons. The van der Waals surface area contributed by atoms with Gasteiger partial charge in [0, 0.05) is 19.1 Å². The van der Waals surface area contributed by atoms with Crippen LogP contribution < -0.4 is 0 Å². The number of rotatable bonds is 2. The van der Waals surface area contributed by atoms with E-state index in [0.29, 0.717) is 23.4 Å². The standard InChI is InChI=1S/C34H53NO4/c1-9-37-24-12-14-33(8)23(17-24)10-11-26-25-13-15-34(21(3)27(25)18-28(26)33)22(4)30-29(38-34)16-20(2)19-35(30)31(36)39-32(5,6)7/h10,20,22,24-26,28-30H,9,11-19H2,1-8H3/t20-,22-,24-,25-,26+,28+,29-,30+,33-,34+/m1/s1. The Morgan fingerprint density at radius 3 is 2.67 bits per heavy atom. The van der Waals surface area contributed by atoms with Crippen LogP contribution >= 0.6 is 0 Å². The number of likely N-dealkylation sites (tertiary alicyclic amines) is 1. The summed E-state index contributed by atoms with van der Waals surface area (Å²) < 4.78 is 19.2. The maximum atomic E-state index is 13.4. The van der Waals surface area contributed by atoms with Crippen LogP contribution in [0, 0.1) is 35.0 Å². The molecule has 4 fully saturated rings. The van der Waals surface area contributed by atoms with Crippen LogP contribution in [0.2, 0.25) is 0 Å². The zero-order valence-electron chi connectivity index (χ0n) is 25.8. The first-order chi connectivity index (χ1) is 18.4. The number of carbonyl (C=O) groups excluding carboxylic acids is 1. The Kier molecular flexibility index (Phi) is 6.86. The summed E-state index contributed by atoms with van der Waals surface area (Å²) in [6, 6.07) is 0.0893. The molecule has 2 heterocycles. The van der Waals surface area contributed by atoms with Crippen molar-refractivity contribution >= 4 is 6.09 Å². The van der Waals surface area contributed by atoms with E-state index in [1.165, 1.54) is 37.7 Å². The van der Waals surface area contributed by atoms with Gasteiger partial charge in [-0.1, -0.05) is 38.0 Å². The molecule has 1 spiro atoms. The average Bonchev–Trinajstić information content (AvgIpc) is 3.37. The number of piperidine rings is 1. The highest BCUT2D eigenvalue weighted by Crippen LogP contribution is 2.65. The summed E-state index contributed by atoms with van der Waals surface area (Å²) in [4.78, 5) is 15.4. The van der Waals surface area contributed by atoms with Gasteiger partial charge in [0.15, 0.2) is 0 Å². The Balaban J connectivity index is 1.28. The first kappa shape index (κ1) is 27.8. The number of hydrogen-bond donors (Lipinski definition) is 0. The molecule has 0 N–H and O–H groups in total. The first-order valence-electron chi connectivity index (χ1n) is 16.1. The van der Waals surface area contributed by atoms with Crippen LogP contribution in [0.5, 0.6) is 0 Å². The van der Waals surface area contributed by atoms with Crippen LogP contribution in [0.15, 0.2) is 22.8 Å². The minimum Gasteiger partial charge on any atom is -0.444 e. The second-order valence-corrected chi connectivity index (χ2v) is 15.3. The fourth-order valence-electron chi connectivity index (χ4n) is 10.2. The van der Waals surface area contributed by atoms with Crippen molar-refractivity contribution in [1.29, 1.82) is 0 Å². The van der Waals surface area contributed by atoms with Gasteiger partial charge in [-0.25, -0.2) is 4.79 Å². The molecule has 0 aromatic rings. The summed E-state index contributed by atoms with van der Waals surface area (Å²) in [5.41, 5.74) is 4.48. The number of ether oxygens (including phenoxy) is 3. The van der Waals surface area contributed by atoms with Gasteiger partial charge in [-0.15, -0.1) is 0 Å². The van der Waals surface area contributed by atoms with Crippen molar-refractivity contribution in [3.8, 4) is 0 Å². The maximum Gasteiger partial charge on any atom is 0.410 e. The van der Waals surface area contributed by atoms with Crippen LogP contribution in [-0.4, -0.2) is 53.6 Å². The predicted octanol–water partition coefficient (Wildman–Crippen LogP) is 7.69. The van der Waals surface area contributed by atoms with Crippen molar-refractivity contribution in [2.45, 2.75) is 136 Å². The lowest BCUT2D eigenvalue weighted by Gasteiger charge is -2.49. The Bertz CT molecular complexity index is 1060. The highest BCUT2D eigenvalue weighted by Gasteiger charge is 2.62. The van der Waals surface area contributed by atoms with E-state index in [4.69, 9.17) is 14.2 Å². The lowest BCUT2D eigenvalue weighted by molar-refractivity contribution is -0.0668. The van der Waals surface area contributed by atoms with Crippen LogP contribution in [-0.2, 0) is 14.2 Å². The molecule has 0 aromatic carbocycles. The molecule has 4 aliphatic carbocycles. The number of amides is 1. The van der Waals surface area contributed by atoms with Crippen molar-refractivity contribution in [1.82, 2.24) is 4.90 Å². The fraction of sp³-hybridized carbons (Fsp3) is 0.853. The largest absolute Gasteiger partial charge is 0.444 e. The zero-order valence-corrected chi connectivity index (χ0v) is 25.8. The summed E-state index contributed by atoms with van der Waals surface area (Å²) in [5.74, 6) is 2.88. The van der Waals surface area contributed by atoms with Gasteiger partial charge in [0.25, 0.3) is 0 Å². The number of allylic oxidation sites excluding steroid dienone is 2. The molecule has 0 aromatic heterocycles. The van der Waals surface area contributed by atoms with Gasteiger partial charge in [0.2, 0.25) is 0 Å². The molecule has 0 bridgehead atoms. The quantitative estimate of drug-likeness (QED) is 0.338. The smallest absolute Gasteiger partial charge is 0.410 e. The van der Waals surface area contributed by atoms with E-state index < -0.39 is 5.60 Å². The number of fused-ring (bicyclic) bond motifs is 6. The van der Waals surface area contributed by atoms with Gasteiger partial charge in [0.1, 0.15) is 5.60 Å². The van der Waals surface area contributed by atoms with E-state index >= 15 is 0 Å². The predicted molar refractivity (Wildman–Crippen MR) is 154 cm³/mol. The summed E-state index contributed by atoms with van der Waals surface area (Å²) in [6.07, 6.45) is 12.3. The van der Waals surface area contributed by atoms with Gasteiger partial charge < -0.3 is 19.1 Å². The highest BCUT2D eigenvalue weighted by molar-refractivity contribution is 5.69. The molecule has 0 unspecified atom stereocenters. The minimum atomic E-state index is -0.492. The van der Waals surface area contributed by atoms with E-state index in [0.717, 1.165) is 44.2 Å². The second kappa shape index (κ2) is 9.61. The van der Waals surface area contributed by atoms with E-state index in [9.17, 15) is 4.79 Å². The fourth-order valence-corrected chi connectivity index (χ4v) is 10.2. The number of carbonyl (C=O) groups is 1. The summed E-state index contributed by atoms with van der Waals surface area (Å²) >= 11 is 0. The van der Waals surface area contributed by atoms with Crippen molar-refractivity contribution < 1.29 is 19.0 Å². The maximum absolute atomic E-state index is 13.4. The highest BCUT2D eigenvalue weighted by atomic mass is 16.6. The summed E-state index contributed by atoms with van der Waals surface area (Å²) in [6.45, 7) is 19.2. The van der Waals surface area contributed by atoms with E-state index in [2.05, 4.69) is 40.7 Å². The topological polar surface area (TPSA) is 48.0 Å². The lowest BCUT2D eigenvalue weighted by atomic mass is 9.56. The Morgan fingerprint density at radius 2 is 1.95 bits per heavy atom. The van der Waals surface area contributed by atoms with E-state index in [1.54, 1.807) is 11.1 Å². The van der Waals surface area contributed by atoms with Gasteiger partial charge >= 0.3 is 6.09 Å². The molecule has 2 saturated heterocycles. The van der Waals surface area contributed by atoms with Gasteiger partial charge in [-0.3, -0.25) is 0 Å². The molecule has 6 aliphatic rings. The van der Waals surface area contributed by atoms with Crippen LogP contribution in [0.25, 0.3) is 0 Å². The van der Waals surface area contributed by atoms with E-state index in [1.807, 2.05) is 25.7 Å². The zero-order chi connectivity index (χ0) is 27.9. The molecule has 39 heavy (non-hydrogen) atoms. The van der Waals surface area contributed by atoms with Gasteiger partial charge in [0.05, 0.1) is 23.9 Å². The number of nitrogens with zero attached hydrogens (tertiary/aromatic N) is 1. The van der Waals surface area contributed by atoms with Crippen molar-refractivity contribution in [3.05, 3.63) is 22.8 Å². The SMILES string of the molecule is CCO[C@@H]1CC[C@]2(C)C(=CC[C@H]3[C@H]4CC[C@]5(O[C@@H]6C[C@@H](C)CN(C(=O)OC(C)(C)C)[C@H]6[C@H]5C)C(C)=C4C[C@@H]32)C1. The molecule has 5 nitrogen and oxygen atoms in total. The molecule has 10 atom stereocenters. The normalized spacial score (nSPS) is 45.4. The molecule has 0 radical (unpaired) electrons. The van der Waals surface area contributed by atoms with Crippen molar-refractivity contribution in [2.24, 2.45) is 35.0 Å². The Hall–Kier alpha value is -1.33. The molecule has 2 aliphatic heterocycles. The van der Waals surface area contributed by atoms with Gasteiger partial charge in [-0.05, 0) is 121 Å². The van der Waals surface area contributed by atoms with Crippen molar-refractivity contribution in [2.75, 3.05) is 13.2 Å². The second-order valence-electron chi connectivity index (χ2n) is 15.3. The molecular formula is C34H53NO4. The molecular weight excluding hydrogens is 486 g/mol. The Morgan fingerprint density at radius 1 is 1.18 bits per heavy atom. The molecule has 5 heteroatoms. The third-order valence-electron chi connectivity index (χ3n) is 12.0. The third kappa shape index (κ3) is 4.35. The number of hydrogen-bond acceptors (Lipinski definition) is 4. The van der Waals surface area contributed by atoms with Gasteiger partial charge in [-0.2, -0.15) is 0 Å². The molecule has 1 amide bonds. The van der Waals surface area contributed by atoms with Crippen molar-refractivity contribution in [3.63, 3.8) is 0 Å². The lowest BCUT2D eigenvalue weighted by Crippen LogP contribution is -2.55. The van der Waals surface area contributed by atoms with Crippen LogP contribution in [0.3, 0.4) is 0 Å². The Labute approximate surface area is 237 Å². The summed E-state index contributed by atoms with van der Waals surface area (Å²) in [5, 5.41) is 0. The van der Waals surface area contributed by atoms with E-state index in [-0.39, 0.29) is 29.8 Å². The molecule has 2 saturated carbocycles. The van der Waals surface area contributed by atoms with Crippen LogP contribution in [0.4, 0.5) is 4.79 Å². The first-order valence-corrected chi connectivity index (χ1v) is 16.1. The van der Waals surface area contributed by atoms with Crippen LogP contribution in [0.1, 0.15) is 107 Å². The minimum absolute atomic E-state index is 0.0893. The molecule has 6 rings (SSSR count). The monoisotopic (exact) mass is 539 g/mol.